The molecule has 1 N–H and O–H groups in total. The molecule has 1 aromatic carbocycles. The lowest BCUT2D eigenvalue weighted by Crippen LogP contribution is -2.24. The van der Waals surface area contributed by atoms with Crippen molar-refractivity contribution in [3.8, 4) is 22.6 Å². The summed E-state index contributed by atoms with van der Waals surface area (Å²) >= 11 is 0. The van der Waals surface area contributed by atoms with Crippen LogP contribution in [-0.2, 0) is 11.3 Å². The van der Waals surface area contributed by atoms with Gasteiger partial charge < -0.3 is 19.5 Å². The summed E-state index contributed by atoms with van der Waals surface area (Å²) in [5.74, 6) is -0.786. The molecule has 9 nitrogen and oxygen atoms in total. The second kappa shape index (κ2) is 16.1. The van der Waals surface area contributed by atoms with E-state index < -0.39 is 12.3 Å². The second-order valence-electron chi connectivity index (χ2n) is 9.16. The van der Waals surface area contributed by atoms with Gasteiger partial charge in [0.2, 0.25) is 12.3 Å². The first-order valence-electron chi connectivity index (χ1n) is 13.1. The number of nitrogens with one attached hydrogen (secondary N) is 1. The summed E-state index contributed by atoms with van der Waals surface area (Å²) in [7, 11) is 4.31. The van der Waals surface area contributed by atoms with E-state index in [2.05, 4.69) is 25.5 Å². The van der Waals surface area contributed by atoms with Crippen molar-refractivity contribution in [2.75, 3.05) is 44.2 Å². The minimum atomic E-state index is -2.84. The molecule has 0 saturated carbocycles. The monoisotopic (exact) mass is 569 g/mol. The van der Waals surface area contributed by atoms with Crippen molar-refractivity contribution < 1.29 is 22.4 Å². The lowest BCUT2D eigenvalue weighted by Gasteiger charge is -2.25. The number of piperidine rings is 1. The van der Waals surface area contributed by atoms with Crippen molar-refractivity contribution in [3.05, 3.63) is 72.6 Å². The van der Waals surface area contributed by atoms with E-state index in [1.54, 1.807) is 29.4 Å². The molecule has 5 rings (SSSR count). The van der Waals surface area contributed by atoms with Crippen molar-refractivity contribution in [1.29, 1.82) is 0 Å². The van der Waals surface area contributed by atoms with Crippen LogP contribution in [0.2, 0.25) is 0 Å². The van der Waals surface area contributed by atoms with Gasteiger partial charge in [-0.3, -0.25) is 19.2 Å². The SMILES string of the molecule is C1CCNCC1.CF.CN(C)c1cc(-c2ccncc2)ccc1N(C=O)Cc1ccc(-c2nnc(C(F)F)o2)cn1. The first kappa shape index (κ1) is 31.2. The molecule has 1 saturated heterocycles. The molecule has 0 atom stereocenters. The Morgan fingerprint density at radius 1 is 0.927 bits per heavy atom. The number of benzene rings is 1. The van der Waals surface area contributed by atoms with Crippen molar-refractivity contribution in [1.82, 2.24) is 25.5 Å². The van der Waals surface area contributed by atoms with E-state index in [-0.39, 0.29) is 12.4 Å². The normalized spacial score (nSPS) is 12.5. The number of hydrogen-bond donors (Lipinski definition) is 1. The van der Waals surface area contributed by atoms with Crippen LogP contribution < -0.4 is 15.1 Å². The quantitative estimate of drug-likeness (QED) is 0.270. The van der Waals surface area contributed by atoms with E-state index >= 15 is 0 Å². The summed E-state index contributed by atoms with van der Waals surface area (Å²) in [5, 5.41) is 10.2. The van der Waals surface area contributed by atoms with E-state index in [0.717, 1.165) is 28.9 Å². The molecular weight excluding hydrogens is 535 g/mol. The molecule has 0 radical (unpaired) electrons. The van der Waals surface area contributed by atoms with Crippen molar-refractivity contribution >= 4 is 17.8 Å². The number of aromatic nitrogens is 4. The van der Waals surface area contributed by atoms with Crippen molar-refractivity contribution in [2.45, 2.75) is 32.2 Å². The zero-order chi connectivity index (χ0) is 29.6. The van der Waals surface area contributed by atoms with Crippen LogP contribution in [0.5, 0.6) is 0 Å². The molecular formula is C29H34F3N7O2. The molecule has 4 aromatic rings. The molecule has 1 aliphatic heterocycles. The Bertz CT molecular complexity index is 1320. The van der Waals surface area contributed by atoms with Crippen molar-refractivity contribution in [2.24, 2.45) is 0 Å². The molecule has 0 bridgehead atoms. The zero-order valence-corrected chi connectivity index (χ0v) is 23.3. The maximum Gasteiger partial charge on any atom is 0.314 e. The zero-order valence-electron chi connectivity index (χ0n) is 23.3. The van der Waals surface area contributed by atoms with Crippen LogP contribution in [0.1, 0.15) is 37.3 Å². The number of pyridine rings is 2. The molecule has 0 aliphatic carbocycles. The van der Waals surface area contributed by atoms with Gasteiger partial charge in [-0.2, -0.15) is 8.78 Å². The summed E-state index contributed by atoms with van der Waals surface area (Å²) in [5.41, 5.74) is 4.61. The summed E-state index contributed by atoms with van der Waals surface area (Å²) < 4.78 is 39.8. The predicted molar refractivity (Wildman–Crippen MR) is 152 cm³/mol. The van der Waals surface area contributed by atoms with E-state index in [9.17, 15) is 18.0 Å². The van der Waals surface area contributed by atoms with E-state index in [0.29, 0.717) is 18.4 Å². The minimum Gasteiger partial charge on any atom is -0.415 e. The van der Waals surface area contributed by atoms with E-state index in [1.165, 1.54) is 38.5 Å². The molecule has 1 amide bonds. The topological polar surface area (TPSA) is 100 Å². The maximum atomic E-state index is 12.7. The van der Waals surface area contributed by atoms with Crippen LogP contribution in [0.25, 0.3) is 22.6 Å². The molecule has 3 aromatic heterocycles. The summed E-state index contributed by atoms with van der Waals surface area (Å²) in [4.78, 5) is 23.8. The third-order valence-electron chi connectivity index (χ3n) is 6.15. The number of amides is 1. The largest absolute Gasteiger partial charge is 0.415 e. The molecule has 0 unspecified atom stereocenters. The highest BCUT2D eigenvalue weighted by molar-refractivity contribution is 5.86. The van der Waals surface area contributed by atoms with Gasteiger partial charge in [0.05, 0.1) is 36.4 Å². The molecule has 4 heterocycles. The second-order valence-corrected chi connectivity index (χ2v) is 9.16. The van der Waals surface area contributed by atoms with Gasteiger partial charge in [-0.1, -0.05) is 12.5 Å². The third kappa shape index (κ3) is 8.84. The number of halogens is 3. The molecule has 12 heteroatoms. The highest BCUT2D eigenvalue weighted by Crippen LogP contribution is 2.33. The van der Waals surface area contributed by atoms with Gasteiger partial charge in [0.25, 0.3) is 5.89 Å². The van der Waals surface area contributed by atoms with Crippen molar-refractivity contribution in [3.63, 3.8) is 0 Å². The molecule has 41 heavy (non-hydrogen) atoms. The van der Waals surface area contributed by atoms with Crippen LogP contribution in [-0.4, -0.2) is 60.9 Å². The summed E-state index contributed by atoms with van der Waals surface area (Å²) in [6, 6.07) is 13.0. The first-order valence-corrected chi connectivity index (χ1v) is 13.1. The smallest absolute Gasteiger partial charge is 0.314 e. The molecule has 1 aliphatic rings. The van der Waals surface area contributed by atoms with Crippen LogP contribution in [0.3, 0.4) is 0 Å². The Morgan fingerprint density at radius 2 is 1.63 bits per heavy atom. The molecule has 1 fully saturated rings. The van der Waals surface area contributed by atoms with Gasteiger partial charge in [-0.05, 0) is 73.5 Å². The number of carbonyl (C=O) groups is 1. The Kier molecular flexibility index (Phi) is 12.2. The number of hydrogen-bond acceptors (Lipinski definition) is 8. The van der Waals surface area contributed by atoms with Crippen LogP contribution in [0, 0.1) is 0 Å². The Labute approximate surface area is 237 Å². The fourth-order valence-electron chi connectivity index (χ4n) is 4.09. The van der Waals surface area contributed by atoms with Gasteiger partial charge >= 0.3 is 6.43 Å². The predicted octanol–water partition coefficient (Wildman–Crippen LogP) is 5.71. The number of alkyl halides is 3. The average molecular weight is 570 g/mol. The number of carbonyl (C=O) groups excluding carboxylic acids is 1. The molecule has 218 valence electrons. The fourth-order valence-corrected chi connectivity index (χ4v) is 4.09. The van der Waals surface area contributed by atoms with Gasteiger partial charge in [-0.25, -0.2) is 0 Å². The molecule has 0 spiro atoms. The van der Waals surface area contributed by atoms with Gasteiger partial charge in [0, 0.05) is 32.7 Å². The highest BCUT2D eigenvalue weighted by atomic mass is 19.3. The Hall–Kier alpha value is -4.32. The fraction of sp³-hybridized carbons (Fsp3) is 0.345. The van der Waals surface area contributed by atoms with Gasteiger partial charge in [0.1, 0.15) is 0 Å². The van der Waals surface area contributed by atoms with Crippen LogP contribution in [0.15, 0.2) is 65.5 Å². The van der Waals surface area contributed by atoms with Crippen LogP contribution in [0.4, 0.5) is 24.5 Å². The first-order chi connectivity index (χ1) is 20.0. The van der Waals surface area contributed by atoms with E-state index in [4.69, 9.17) is 4.42 Å². The summed E-state index contributed by atoms with van der Waals surface area (Å²) in [6.07, 6.45) is 7.03. The van der Waals surface area contributed by atoms with Crippen LogP contribution >= 0.6 is 0 Å². The average Bonchev–Trinajstić information content (AvgIpc) is 3.54. The highest BCUT2D eigenvalue weighted by Gasteiger charge is 2.18. The number of anilines is 2. The van der Waals surface area contributed by atoms with Gasteiger partial charge in [-0.15, -0.1) is 10.2 Å². The Morgan fingerprint density at radius 3 is 2.15 bits per heavy atom. The number of rotatable bonds is 8. The lowest BCUT2D eigenvalue weighted by molar-refractivity contribution is -0.107. The standard InChI is InChI=1S/C23H20F2N6O2.C5H11N.CH3F/c1-30(2)20-11-16(15-7-9-26-10-8-15)4-6-19(20)31(14-32)13-18-5-3-17(12-27-18)22-28-29-23(33-22)21(24)25;1-2-4-6-5-3-1;1-2/h3-12,14,21H,13H2,1-2H3;6H,1-5H2;1H3. The minimum absolute atomic E-state index is 0.0433. The van der Waals surface area contributed by atoms with E-state index in [1.807, 2.05) is 49.3 Å². The number of nitrogens with zero attached hydrogens (tertiary/aromatic N) is 6. The third-order valence-corrected chi connectivity index (χ3v) is 6.15. The lowest BCUT2D eigenvalue weighted by atomic mass is 10.0. The summed E-state index contributed by atoms with van der Waals surface area (Å²) in [6.45, 7) is 2.71. The maximum absolute atomic E-state index is 12.7. The van der Waals surface area contributed by atoms with Gasteiger partial charge in [0.15, 0.2) is 0 Å². The Balaban J connectivity index is 0.000000505.